The Kier molecular flexibility index (Phi) is 7.07. The molecule has 0 bridgehead atoms. The van der Waals surface area contributed by atoms with E-state index in [4.69, 9.17) is 9.68 Å². The maximum atomic E-state index is 12.8. The number of carbonyl (C=O) groups excluding carboxylic acids is 1. The largest absolute Gasteiger partial charge is 0.436 e. The van der Waals surface area contributed by atoms with Crippen LogP contribution in [-0.2, 0) is 0 Å². The highest BCUT2D eigenvalue weighted by Gasteiger charge is 2.18. The summed E-state index contributed by atoms with van der Waals surface area (Å²) in [4.78, 5) is 17.4. The average Bonchev–Trinajstić information content (AvgIpc) is 3.40. The van der Waals surface area contributed by atoms with Crippen molar-refractivity contribution in [3.63, 3.8) is 0 Å². The van der Waals surface area contributed by atoms with Gasteiger partial charge in [0.15, 0.2) is 5.58 Å². The number of nitrogens with zero attached hydrogens (tertiary/aromatic N) is 3. The van der Waals surface area contributed by atoms with Crippen LogP contribution in [-0.4, -0.2) is 17.4 Å². The lowest BCUT2D eigenvalue weighted by Crippen LogP contribution is -2.29. The van der Waals surface area contributed by atoms with Gasteiger partial charge in [0.05, 0.1) is 23.3 Å². The molecule has 3 aromatic carbocycles. The topological polar surface area (TPSA) is 103 Å². The summed E-state index contributed by atoms with van der Waals surface area (Å²) in [6.45, 7) is 4.73. The molecule has 1 aromatic heterocycles. The van der Waals surface area contributed by atoms with Crippen LogP contribution < -0.4 is 5.32 Å². The van der Waals surface area contributed by atoms with Crippen LogP contribution in [0.3, 0.4) is 0 Å². The van der Waals surface area contributed by atoms with Gasteiger partial charge in [0, 0.05) is 23.2 Å². The molecule has 5 rings (SSSR count). The molecule has 0 saturated carbocycles. The number of hydrogen-bond acceptors (Lipinski definition) is 5. The van der Waals surface area contributed by atoms with Gasteiger partial charge in [0.1, 0.15) is 5.52 Å². The first-order valence-electron chi connectivity index (χ1n) is 12.9. The minimum absolute atomic E-state index is 0.105. The highest BCUT2D eigenvalue weighted by Crippen LogP contribution is 2.32. The van der Waals surface area contributed by atoms with Crippen molar-refractivity contribution in [1.82, 2.24) is 10.3 Å². The van der Waals surface area contributed by atoms with Gasteiger partial charge in [-0.2, -0.15) is 10.5 Å². The highest BCUT2D eigenvalue weighted by atomic mass is 16.3. The first kappa shape index (κ1) is 25.0. The quantitative estimate of drug-likeness (QED) is 0.308. The van der Waals surface area contributed by atoms with Gasteiger partial charge in [-0.05, 0) is 90.8 Å². The van der Waals surface area contributed by atoms with E-state index in [1.807, 2.05) is 42.5 Å². The number of nitrogens with one attached hydrogen (secondary N) is 1. The molecular weight excluding hydrogens is 472 g/mol. The molecule has 1 N–H and O–H groups in total. The molecule has 1 aliphatic carbocycles. The smallest absolute Gasteiger partial charge is 0.251 e. The highest BCUT2D eigenvalue weighted by molar-refractivity contribution is 5.94. The van der Waals surface area contributed by atoms with Crippen LogP contribution in [0.2, 0.25) is 0 Å². The first-order chi connectivity index (χ1) is 18.4. The maximum Gasteiger partial charge on any atom is 0.251 e. The number of nitriles is 2. The lowest BCUT2D eigenvalue weighted by Gasteiger charge is -2.22. The Morgan fingerprint density at radius 3 is 2.53 bits per heavy atom. The van der Waals surface area contributed by atoms with E-state index in [0.717, 1.165) is 36.0 Å². The predicted octanol–water partition coefficient (Wildman–Crippen LogP) is 6.98. The Labute approximate surface area is 222 Å². The molecule has 1 aliphatic rings. The summed E-state index contributed by atoms with van der Waals surface area (Å²) in [6.07, 6.45) is 5.06. The van der Waals surface area contributed by atoms with E-state index in [0.29, 0.717) is 46.1 Å². The number of fused-ring (bicyclic) bond motifs is 1. The fraction of sp³-hybridized carbons (Fsp3) is 0.250. The summed E-state index contributed by atoms with van der Waals surface area (Å²) >= 11 is 0. The van der Waals surface area contributed by atoms with Gasteiger partial charge >= 0.3 is 0 Å². The Hall–Kier alpha value is -4.68. The molecular formula is C32H28N4O2. The third-order valence-corrected chi connectivity index (χ3v) is 7.10. The molecule has 1 heterocycles. The van der Waals surface area contributed by atoms with E-state index in [1.165, 1.54) is 5.57 Å². The van der Waals surface area contributed by atoms with Crippen LogP contribution in [0.5, 0.6) is 0 Å². The second kappa shape index (κ2) is 10.7. The van der Waals surface area contributed by atoms with Crippen molar-refractivity contribution in [2.24, 2.45) is 5.92 Å². The molecule has 1 atom stereocenters. The SMILES string of the molecule is CC(C)c1cc(C#N)cc2nc(-c3ccc(C(=O)NC[C@@H]4CC=C(c5cccc(C#N)c5)CC4)cc3)oc12. The molecule has 4 aromatic rings. The molecule has 0 saturated heterocycles. The normalized spacial score (nSPS) is 15.1. The first-order valence-corrected chi connectivity index (χ1v) is 12.9. The van der Waals surface area contributed by atoms with Gasteiger partial charge in [0.2, 0.25) is 5.89 Å². The van der Waals surface area contributed by atoms with E-state index in [1.54, 1.807) is 18.2 Å². The molecule has 1 amide bonds. The van der Waals surface area contributed by atoms with Crippen molar-refractivity contribution in [2.75, 3.05) is 6.54 Å². The third-order valence-electron chi connectivity index (χ3n) is 7.10. The van der Waals surface area contributed by atoms with Gasteiger partial charge < -0.3 is 9.73 Å². The second-order valence-corrected chi connectivity index (χ2v) is 10.0. The van der Waals surface area contributed by atoms with E-state index in [9.17, 15) is 10.1 Å². The standard InChI is InChI=1S/C32H28N4O2/c1-20(2)28-15-23(18-34)16-29-30(28)38-32(36-29)26-12-10-25(11-13-26)31(37)35-19-21-6-8-24(9-7-21)27-5-3-4-22(14-27)17-33/h3-5,8,10-16,20-21H,6-7,9,19H2,1-2H3,(H,35,37)/t21-/m1/s1. The summed E-state index contributed by atoms with van der Waals surface area (Å²) in [5, 5.41) is 21.6. The fourth-order valence-corrected chi connectivity index (χ4v) is 4.90. The second-order valence-electron chi connectivity index (χ2n) is 10.0. The van der Waals surface area contributed by atoms with Crippen LogP contribution in [0.15, 0.2) is 71.2 Å². The zero-order valence-corrected chi connectivity index (χ0v) is 21.5. The van der Waals surface area contributed by atoms with Crippen molar-refractivity contribution in [1.29, 1.82) is 10.5 Å². The minimum Gasteiger partial charge on any atom is -0.436 e. The number of allylic oxidation sites excluding steroid dienone is 2. The van der Waals surface area contributed by atoms with Gasteiger partial charge in [-0.15, -0.1) is 0 Å². The van der Waals surface area contributed by atoms with Crippen molar-refractivity contribution < 1.29 is 9.21 Å². The summed E-state index contributed by atoms with van der Waals surface area (Å²) in [6, 6.07) is 22.9. The monoisotopic (exact) mass is 500 g/mol. The lowest BCUT2D eigenvalue weighted by atomic mass is 9.86. The number of carbonyl (C=O) groups is 1. The zero-order chi connectivity index (χ0) is 26.6. The van der Waals surface area contributed by atoms with Crippen molar-refractivity contribution >= 4 is 22.6 Å². The summed E-state index contributed by atoms with van der Waals surface area (Å²) in [5.41, 5.74) is 7.27. The van der Waals surface area contributed by atoms with E-state index in [2.05, 4.69) is 42.4 Å². The van der Waals surface area contributed by atoms with Crippen molar-refractivity contribution in [3.8, 4) is 23.6 Å². The van der Waals surface area contributed by atoms with Crippen LogP contribution in [0, 0.1) is 28.6 Å². The Balaban J connectivity index is 1.22. The van der Waals surface area contributed by atoms with Crippen LogP contribution in [0.1, 0.15) is 71.6 Å². The zero-order valence-electron chi connectivity index (χ0n) is 21.5. The average molecular weight is 501 g/mol. The summed E-state index contributed by atoms with van der Waals surface area (Å²) in [7, 11) is 0. The summed E-state index contributed by atoms with van der Waals surface area (Å²) < 4.78 is 6.08. The minimum atomic E-state index is -0.105. The van der Waals surface area contributed by atoms with Gasteiger partial charge in [-0.25, -0.2) is 4.98 Å². The molecule has 0 unspecified atom stereocenters. The van der Waals surface area contributed by atoms with Gasteiger partial charge in [0.25, 0.3) is 5.91 Å². The Morgan fingerprint density at radius 1 is 1.05 bits per heavy atom. The maximum absolute atomic E-state index is 12.8. The van der Waals surface area contributed by atoms with Gasteiger partial charge in [-0.3, -0.25) is 4.79 Å². The Morgan fingerprint density at radius 2 is 1.84 bits per heavy atom. The third kappa shape index (κ3) is 5.21. The summed E-state index contributed by atoms with van der Waals surface area (Å²) in [5.74, 6) is 0.938. The fourth-order valence-electron chi connectivity index (χ4n) is 4.90. The molecule has 0 spiro atoms. The number of aromatic nitrogens is 1. The molecule has 188 valence electrons. The number of benzene rings is 3. The molecule has 0 aliphatic heterocycles. The van der Waals surface area contributed by atoms with Crippen LogP contribution in [0.25, 0.3) is 28.1 Å². The molecule has 6 nitrogen and oxygen atoms in total. The Bertz CT molecular complexity index is 1610. The van der Waals surface area contributed by atoms with E-state index < -0.39 is 0 Å². The van der Waals surface area contributed by atoms with E-state index in [-0.39, 0.29) is 11.8 Å². The van der Waals surface area contributed by atoms with Gasteiger partial charge in [-0.1, -0.05) is 32.1 Å². The molecule has 0 fully saturated rings. The number of rotatable bonds is 6. The molecule has 6 heteroatoms. The molecule has 0 radical (unpaired) electrons. The lowest BCUT2D eigenvalue weighted by molar-refractivity contribution is 0.0946. The van der Waals surface area contributed by atoms with Crippen molar-refractivity contribution in [3.05, 3.63) is 94.6 Å². The van der Waals surface area contributed by atoms with E-state index >= 15 is 0 Å². The number of hydrogen-bond donors (Lipinski definition) is 1. The predicted molar refractivity (Wildman–Crippen MR) is 147 cm³/mol. The number of amides is 1. The van der Waals surface area contributed by atoms with Crippen molar-refractivity contribution in [2.45, 2.75) is 39.0 Å². The van der Waals surface area contributed by atoms with Crippen LogP contribution in [0.4, 0.5) is 0 Å². The van der Waals surface area contributed by atoms with Crippen LogP contribution >= 0.6 is 0 Å². The number of oxazole rings is 1. The molecule has 38 heavy (non-hydrogen) atoms.